The Morgan fingerprint density at radius 1 is 1.43 bits per heavy atom. The molecule has 0 heterocycles. The molecule has 0 saturated carbocycles. The van der Waals surface area contributed by atoms with Crippen molar-refractivity contribution in [3.8, 4) is 0 Å². The molecule has 14 heavy (non-hydrogen) atoms. The van der Waals surface area contributed by atoms with Crippen LogP contribution in [0.25, 0.3) is 6.08 Å². The summed E-state index contributed by atoms with van der Waals surface area (Å²) in [5.41, 5.74) is 2.41. The Hall–Kier alpha value is -1.12. The van der Waals surface area contributed by atoms with Crippen LogP contribution < -0.4 is 0 Å². The molecule has 0 aliphatic rings. The maximum absolute atomic E-state index is 8.78. The van der Waals surface area contributed by atoms with Crippen LogP contribution in [0.3, 0.4) is 0 Å². The van der Waals surface area contributed by atoms with Gasteiger partial charge in [0.25, 0.3) is 0 Å². The molecule has 1 aromatic rings. The predicted molar refractivity (Wildman–Crippen MR) is 60.0 cm³/mol. The zero-order chi connectivity index (χ0) is 10.4. The Morgan fingerprint density at radius 3 is 2.79 bits per heavy atom. The second-order valence-corrected chi connectivity index (χ2v) is 3.36. The van der Waals surface area contributed by atoms with Crippen LogP contribution in [0.5, 0.6) is 0 Å². The van der Waals surface area contributed by atoms with Gasteiger partial charge in [0.05, 0.1) is 6.61 Å². The minimum absolute atomic E-state index is 0.201. The van der Waals surface area contributed by atoms with Crippen LogP contribution in [0.4, 0.5) is 0 Å². The maximum Gasteiger partial charge on any atom is 0.0558 e. The van der Waals surface area contributed by atoms with Gasteiger partial charge in [-0.25, -0.2) is 0 Å². The topological polar surface area (TPSA) is 23.5 Å². The number of nitrogens with zero attached hydrogens (tertiary/aromatic N) is 1. The van der Waals surface area contributed by atoms with Gasteiger partial charge in [0, 0.05) is 13.1 Å². The van der Waals surface area contributed by atoms with Crippen molar-refractivity contribution in [2.75, 3.05) is 20.2 Å². The van der Waals surface area contributed by atoms with E-state index in [4.69, 9.17) is 5.11 Å². The Labute approximate surface area is 85.5 Å². The van der Waals surface area contributed by atoms with Crippen molar-refractivity contribution < 1.29 is 5.11 Å². The summed E-state index contributed by atoms with van der Waals surface area (Å²) in [5, 5.41) is 8.78. The molecule has 2 nitrogen and oxygen atoms in total. The normalized spacial score (nSPS) is 10.5. The summed E-state index contributed by atoms with van der Waals surface area (Å²) in [6.07, 6.45) is 1.86. The van der Waals surface area contributed by atoms with Gasteiger partial charge in [-0.3, -0.25) is 4.90 Å². The highest BCUT2D eigenvalue weighted by Gasteiger charge is 2.01. The molecule has 0 bridgehead atoms. The molecule has 0 aliphatic carbocycles. The zero-order valence-electron chi connectivity index (χ0n) is 8.61. The number of hydrogen-bond acceptors (Lipinski definition) is 2. The quantitative estimate of drug-likeness (QED) is 0.766. The van der Waals surface area contributed by atoms with Crippen molar-refractivity contribution in [2.45, 2.75) is 6.54 Å². The van der Waals surface area contributed by atoms with Gasteiger partial charge in [-0.15, -0.1) is 0 Å². The predicted octanol–water partition coefficient (Wildman–Crippen LogP) is 1.75. The van der Waals surface area contributed by atoms with Gasteiger partial charge in [0.2, 0.25) is 0 Å². The fourth-order valence-corrected chi connectivity index (χ4v) is 1.42. The largest absolute Gasteiger partial charge is 0.395 e. The van der Waals surface area contributed by atoms with Crippen LogP contribution in [0.1, 0.15) is 11.1 Å². The fourth-order valence-electron chi connectivity index (χ4n) is 1.42. The van der Waals surface area contributed by atoms with Crippen molar-refractivity contribution >= 4 is 6.08 Å². The van der Waals surface area contributed by atoms with Gasteiger partial charge in [0.1, 0.15) is 0 Å². The van der Waals surface area contributed by atoms with Crippen LogP contribution in [0.2, 0.25) is 0 Å². The molecule has 0 atom stereocenters. The van der Waals surface area contributed by atoms with Gasteiger partial charge < -0.3 is 5.11 Å². The zero-order valence-corrected chi connectivity index (χ0v) is 8.61. The lowest BCUT2D eigenvalue weighted by molar-refractivity contribution is 0.217. The third-order valence-electron chi connectivity index (χ3n) is 2.20. The first kappa shape index (κ1) is 11.0. The number of aliphatic hydroxyl groups is 1. The summed E-state index contributed by atoms with van der Waals surface area (Å²) in [5.74, 6) is 0. The summed E-state index contributed by atoms with van der Waals surface area (Å²) < 4.78 is 0. The first-order chi connectivity index (χ1) is 6.77. The Morgan fingerprint density at radius 2 is 2.14 bits per heavy atom. The third-order valence-corrected chi connectivity index (χ3v) is 2.20. The first-order valence-electron chi connectivity index (χ1n) is 4.77. The summed E-state index contributed by atoms with van der Waals surface area (Å²) in [6, 6.07) is 8.17. The number of likely N-dealkylation sites (N-methyl/N-ethyl adjacent to an activating group) is 1. The first-order valence-corrected chi connectivity index (χ1v) is 4.77. The average Bonchev–Trinajstić information content (AvgIpc) is 2.19. The van der Waals surface area contributed by atoms with E-state index in [0.717, 1.165) is 12.1 Å². The molecule has 0 radical (unpaired) electrons. The molecule has 0 aromatic heterocycles. The highest BCUT2D eigenvalue weighted by Crippen LogP contribution is 2.11. The molecule has 1 aromatic carbocycles. The van der Waals surface area contributed by atoms with Crippen molar-refractivity contribution in [3.63, 3.8) is 0 Å². The fraction of sp³-hybridized carbons (Fsp3) is 0.333. The van der Waals surface area contributed by atoms with E-state index in [-0.39, 0.29) is 6.61 Å². The van der Waals surface area contributed by atoms with Crippen LogP contribution in [0.15, 0.2) is 30.8 Å². The van der Waals surface area contributed by atoms with Crippen molar-refractivity contribution in [1.29, 1.82) is 0 Å². The monoisotopic (exact) mass is 191 g/mol. The molecule has 0 fully saturated rings. The molecular formula is C12H17NO. The number of benzene rings is 1. The van der Waals surface area contributed by atoms with Crippen LogP contribution in [-0.4, -0.2) is 30.2 Å². The number of hydrogen-bond donors (Lipinski definition) is 1. The maximum atomic E-state index is 8.78. The van der Waals surface area contributed by atoms with Crippen LogP contribution >= 0.6 is 0 Å². The van der Waals surface area contributed by atoms with E-state index in [9.17, 15) is 0 Å². The SMILES string of the molecule is C=Cc1ccccc1CN(C)CCO. The molecule has 76 valence electrons. The van der Waals surface area contributed by atoms with Crippen LogP contribution in [0, 0.1) is 0 Å². The molecule has 2 heteroatoms. The van der Waals surface area contributed by atoms with Gasteiger partial charge in [-0.1, -0.05) is 36.9 Å². The van der Waals surface area contributed by atoms with Crippen molar-refractivity contribution in [2.24, 2.45) is 0 Å². The standard InChI is InChI=1S/C12H17NO/c1-3-11-6-4-5-7-12(11)10-13(2)8-9-14/h3-7,14H,1,8-10H2,2H3. The van der Waals surface area contributed by atoms with Gasteiger partial charge >= 0.3 is 0 Å². The highest BCUT2D eigenvalue weighted by molar-refractivity contribution is 5.51. The molecule has 0 saturated heterocycles. The lowest BCUT2D eigenvalue weighted by atomic mass is 10.1. The average molecular weight is 191 g/mol. The molecule has 1 rings (SSSR count). The lowest BCUT2D eigenvalue weighted by Gasteiger charge is -2.16. The highest BCUT2D eigenvalue weighted by atomic mass is 16.3. The summed E-state index contributed by atoms with van der Waals surface area (Å²) >= 11 is 0. The van der Waals surface area contributed by atoms with Crippen molar-refractivity contribution in [3.05, 3.63) is 42.0 Å². The van der Waals surface area contributed by atoms with Gasteiger partial charge in [-0.2, -0.15) is 0 Å². The second-order valence-electron chi connectivity index (χ2n) is 3.36. The van der Waals surface area contributed by atoms with E-state index < -0.39 is 0 Å². The molecule has 0 unspecified atom stereocenters. The van der Waals surface area contributed by atoms with Crippen LogP contribution in [-0.2, 0) is 6.54 Å². The summed E-state index contributed by atoms with van der Waals surface area (Å²) in [6.45, 7) is 5.53. The minimum Gasteiger partial charge on any atom is -0.395 e. The second kappa shape index (κ2) is 5.58. The van der Waals surface area contributed by atoms with Crippen molar-refractivity contribution in [1.82, 2.24) is 4.90 Å². The number of aliphatic hydroxyl groups excluding tert-OH is 1. The third kappa shape index (κ3) is 2.98. The van der Waals surface area contributed by atoms with E-state index in [0.29, 0.717) is 6.54 Å². The van der Waals surface area contributed by atoms with Gasteiger partial charge in [0.15, 0.2) is 0 Å². The Kier molecular flexibility index (Phi) is 4.36. The molecule has 0 spiro atoms. The summed E-state index contributed by atoms with van der Waals surface area (Å²) in [7, 11) is 2.00. The van der Waals surface area contributed by atoms with Gasteiger partial charge in [-0.05, 0) is 18.2 Å². The minimum atomic E-state index is 0.201. The van der Waals surface area contributed by atoms with E-state index in [1.807, 2.05) is 25.3 Å². The Balaban J connectivity index is 2.70. The molecule has 0 aliphatic heterocycles. The molecule has 0 amide bonds. The van der Waals surface area contributed by atoms with E-state index in [2.05, 4.69) is 23.6 Å². The van der Waals surface area contributed by atoms with E-state index >= 15 is 0 Å². The van der Waals surface area contributed by atoms with E-state index in [1.165, 1.54) is 5.56 Å². The Bertz CT molecular complexity index is 296. The van der Waals surface area contributed by atoms with E-state index in [1.54, 1.807) is 0 Å². The lowest BCUT2D eigenvalue weighted by Crippen LogP contribution is -2.21. The smallest absolute Gasteiger partial charge is 0.0558 e. The summed E-state index contributed by atoms with van der Waals surface area (Å²) in [4.78, 5) is 2.09. The molecular weight excluding hydrogens is 174 g/mol. The number of rotatable bonds is 5. The molecule has 1 N–H and O–H groups in total.